The second-order valence-corrected chi connectivity index (χ2v) is 5.20. The average Bonchev–Trinajstić information content (AvgIpc) is 2.38. The molecule has 1 atom stereocenters. The van der Waals surface area contributed by atoms with E-state index in [1.165, 1.54) is 6.07 Å². The van der Waals surface area contributed by atoms with E-state index in [1.807, 2.05) is 4.90 Å². The summed E-state index contributed by atoms with van der Waals surface area (Å²) in [6, 6.07) is 2.73. The first-order chi connectivity index (χ1) is 9.41. The van der Waals surface area contributed by atoms with Crippen LogP contribution in [-0.2, 0) is 6.18 Å². The maximum absolute atomic E-state index is 13.9. The number of nitrogens with zero attached hydrogens (tertiary/aromatic N) is 1. The molecular formula is C14H18F4N2. The lowest BCUT2D eigenvalue weighted by molar-refractivity contribution is -0.137. The van der Waals surface area contributed by atoms with Gasteiger partial charge in [-0.2, -0.15) is 13.2 Å². The van der Waals surface area contributed by atoms with Crippen LogP contribution in [0, 0.1) is 11.7 Å². The van der Waals surface area contributed by atoms with Gasteiger partial charge in [0.25, 0.3) is 0 Å². The van der Waals surface area contributed by atoms with Gasteiger partial charge in [-0.05, 0) is 49.9 Å². The van der Waals surface area contributed by atoms with E-state index in [9.17, 15) is 17.6 Å². The Labute approximate surface area is 115 Å². The highest BCUT2D eigenvalue weighted by atomic mass is 19.4. The SMILES string of the molecule is NCCC1CCCN(c2ccc(C(F)(F)F)cc2F)C1. The van der Waals surface area contributed by atoms with Crippen molar-refractivity contribution in [3.8, 4) is 0 Å². The normalized spacial score (nSPS) is 20.2. The highest BCUT2D eigenvalue weighted by Gasteiger charge is 2.32. The van der Waals surface area contributed by atoms with Gasteiger partial charge in [0.2, 0.25) is 0 Å². The Morgan fingerprint density at radius 1 is 1.30 bits per heavy atom. The summed E-state index contributed by atoms with van der Waals surface area (Å²) in [4.78, 5) is 1.82. The van der Waals surface area contributed by atoms with E-state index in [-0.39, 0.29) is 5.69 Å². The highest BCUT2D eigenvalue weighted by Crippen LogP contribution is 2.33. The molecule has 1 fully saturated rings. The number of halogens is 4. The van der Waals surface area contributed by atoms with Crippen LogP contribution in [-0.4, -0.2) is 19.6 Å². The molecule has 1 heterocycles. The lowest BCUT2D eigenvalue weighted by Crippen LogP contribution is -2.36. The molecule has 1 aromatic rings. The number of alkyl halides is 3. The van der Waals surface area contributed by atoms with Gasteiger partial charge in [-0.3, -0.25) is 0 Å². The number of nitrogens with two attached hydrogens (primary N) is 1. The number of hydrogen-bond acceptors (Lipinski definition) is 2. The quantitative estimate of drug-likeness (QED) is 0.864. The first-order valence-electron chi connectivity index (χ1n) is 6.73. The number of hydrogen-bond donors (Lipinski definition) is 1. The molecule has 6 heteroatoms. The Bertz CT molecular complexity index is 457. The van der Waals surface area contributed by atoms with Crippen LogP contribution in [0.4, 0.5) is 23.2 Å². The molecule has 1 aliphatic heterocycles. The zero-order valence-electron chi connectivity index (χ0n) is 11.1. The van der Waals surface area contributed by atoms with Crippen molar-refractivity contribution in [2.45, 2.75) is 25.4 Å². The number of piperidine rings is 1. The fourth-order valence-electron chi connectivity index (χ4n) is 2.69. The third kappa shape index (κ3) is 3.42. The molecule has 20 heavy (non-hydrogen) atoms. The maximum atomic E-state index is 13.9. The minimum Gasteiger partial charge on any atom is -0.369 e. The van der Waals surface area contributed by atoms with E-state index in [0.29, 0.717) is 31.6 Å². The summed E-state index contributed by atoms with van der Waals surface area (Å²) in [5.41, 5.74) is 4.82. The summed E-state index contributed by atoms with van der Waals surface area (Å²) >= 11 is 0. The molecule has 1 saturated heterocycles. The Balaban J connectivity index is 2.16. The van der Waals surface area contributed by atoms with Gasteiger partial charge < -0.3 is 10.6 Å². The summed E-state index contributed by atoms with van der Waals surface area (Å²) in [7, 11) is 0. The van der Waals surface area contributed by atoms with Gasteiger partial charge in [-0.1, -0.05) is 0 Å². The predicted octanol–water partition coefficient (Wildman–Crippen LogP) is 3.41. The molecule has 0 aromatic heterocycles. The second-order valence-electron chi connectivity index (χ2n) is 5.20. The van der Waals surface area contributed by atoms with Crippen molar-refractivity contribution in [2.75, 3.05) is 24.5 Å². The molecule has 1 unspecified atom stereocenters. The van der Waals surface area contributed by atoms with Crippen LogP contribution in [0.25, 0.3) is 0 Å². The molecule has 0 amide bonds. The van der Waals surface area contributed by atoms with Gasteiger partial charge in [0.15, 0.2) is 0 Å². The Hall–Kier alpha value is -1.30. The van der Waals surface area contributed by atoms with Crippen LogP contribution in [0.3, 0.4) is 0 Å². The van der Waals surface area contributed by atoms with E-state index >= 15 is 0 Å². The first kappa shape index (κ1) is 15.1. The van der Waals surface area contributed by atoms with Crippen molar-refractivity contribution in [3.05, 3.63) is 29.6 Å². The van der Waals surface area contributed by atoms with E-state index in [1.54, 1.807) is 0 Å². The van der Waals surface area contributed by atoms with Crippen LogP contribution < -0.4 is 10.6 Å². The number of anilines is 1. The fraction of sp³-hybridized carbons (Fsp3) is 0.571. The topological polar surface area (TPSA) is 29.3 Å². The lowest BCUT2D eigenvalue weighted by Gasteiger charge is -2.34. The monoisotopic (exact) mass is 290 g/mol. The smallest absolute Gasteiger partial charge is 0.369 e. The Kier molecular flexibility index (Phi) is 4.52. The van der Waals surface area contributed by atoms with Gasteiger partial charge in [0, 0.05) is 13.1 Å². The molecule has 2 nitrogen and oxygen atoms in total. The van der Waals surface area contributed by atoms with Gasteiger partial charge in [-0.15, -0.1) is 0 Å². The third-order valence-electron chi connectivity index (χ3n) is 3.71. The average molecular weight is 290 g/mol. The largest absolute Gasteiger partial charge is 0.416 e. The van der Waals surface area contributed by atoms with Gasteiger partial charge >= 0.3 is 6.18 Å². The Morgan fingerprint density at radius 3 is 2.65 bits per heavy atom. The molecule has 1 aromatic carbocycles. The molecular weight excluding hydrogens is 272 g/mol. The summed E-state index contributed by atoms with van der Waals surface area (Å²) < 4.78 is 51.4. The van der Waals surface area contributed by atoms with E-state index in [0.717, 1.165) is 25.3 Å². The number of benzene rings is 1. The van der Waals surface area contributed by atoms with Crippen molar-refractivity contribution in [3.63, 3.8) is 0 Å². The van der Waals surface area contributed by atoms with Crippen LogP contribution in [0.15, 0.2) is 18.2 Å². The molecule has 112 valence electrons. The van der Waals surface area contributed by atoms with E-state index in [2.05, 4.69) is 0 Å². The van der Waals surface area contributed by atoms with Crippen molar-refractivity contribution in [1.29, 1.82) is 0 Å². The fourth-order valence-corrected chi connectivity index (χ4v) is 2.69. The van der Waals surface area contributed by atoms with Crippen LogP contribution in [0.2, 0.25) is 0 Å². The molecule has 2 rings (SSSR count). The summed E-state index contributed by atoms with van der Waals surface area (Å²) in [5.74, 6) is -0.427. The molecule has 0 saturated carbocycles. The van der Waals surface area contributed by atoms with Crippen molar-refractivity contribution in [1.82, 2.24) is 0 Å². The molecule has 0 aliphatic carbocycles. The number of rotatable bonds is 3. The summed E-state index contributed by atoms with van der Waals surface area (Å²) in [6.07, 6.45) is -1.71. The van der Waals surface area contributed by atoms with Gasteiger partial charge in [0.1, 0.15) is 5.82 Å². The highest BCUT2D eigenvalue weighted by molar-refractivity contribution is 5.50. The zero-order valence-corrected chi connectivity index (χ0v) is 11.1. The Morgan fingerprint density at radius 2 is 2.05 bits per heavy atom. The predicted molar refractivity (Wildman–Crippen MR) is 70.0 cm³/mol. The van der Waals surface area contributed by atoms with E-state index in [4.69, 9.17) is 5.73 Å². The maximum Gasteiger partial charge on any atom is 0.416 e. The van der Waals surface area contributed by atoms with Crippen molar-refractivity contribution >= 4 is 5.69 Å². The van der Waals surface area contributed by atoms with Gasteiger partial charge in [-0.25, -0.2) is 4.39 Å². The van der Waals surface area contributed by atoms with E-state index < -0.39 is 17.6 Å². The molecule has 2 N–H and O–H groups in total. The van der Waals surface area contributed by atoms with Crippen LogP contribution in [0.5, 0.6) is 0 Å². The third-order valence-corrected chi connectivity index (χ3v) is 3.71. The zero-order chi connectivity index (χ0) is 14.8. The lowest BCUT2D eigenvalue weighted by atomic mass is 9.94. The standard InChI is InChI=1S/C14H18F4N2/c15-12-8-11(14(16,17)18)3-4-13(12)20-7-1-2-10(9-20)5-6-19/h3-4,8,10H,1-2,5-7,9,19H2. The van der Waals surface area contributed by atoms with Crippen LogP contribution >= 0.6 is 0 Å². The van der Waals surface area contributed by atoms with Gasteiger partial charge in [0.05, 0.1) is 11.3 Å². The minimum atomic E-state index is -4.51. The van der Waals surface area contributed by atoms with Crippen molar-refractivity contribution < 1.29 is 17.6 Å². The minimum absolute atomic E-state index is 0.250. The van der Waals surface area contributed by atoms with Crippen LogP contribution in [0.1, 0.15) is 24.8 Å². The second kappa shape index (κ2) is 5.99. The molecule has 0 spiro atoms. The molecule has 1 aliphatic rings. The first-order valence-corrected chi connectivity index (χ1v) is 6.73. The molecule has 0 radical (unpaired) electrons. The summed E-state index contributed by atoms with van der Waals surface area (Å²) in [6.45, 7) is 1.90. The summed E-state index contributed by atoms with van der Waals surface area (Å²) in [5, 5.41) is 0. The molecule has 0 bridgehead atoms. The van der Waals surface area contributed by atoms with Crippen molar-refractivity contribution in [2.24, 2.45) is 11.7 Å².